The largest absolute Gasteiger partial charge is 0.456 e. The number of nitrogens with one attached hydrogen (secondary N) is 1. The number of hydrogen-bond acceptors (Lipinski definition) is 6. The summed E-state index contributed by atoms with van der Waals surface area (Å²) in [5.74, 6) is -1.52. The van der Waals surface area contributed by atoms with E-state index in [4.69, 9.17) is 16.3 Å². The van der Waals surface area contributed by atoms with Crippen LogP contribution in [0.5, 0.6) is 11.5 Å². The Hall–Kier alpha value is -3.09. The van der Waals surface area contributed by atoms with Gasteiger partial charge in [-0.1, -0.05) is 29.8 Å². The lowest BCUT2D eigenvalue weighted by Gasteiger charge is -2.14. The molecular weight excluding hydrogens is 531 g/mol. The zero-order valence-electron chi connectivity index (χ0n) is 17.8. The second-order valence-electron chi connectivity index (χ2n) is 7.35. The van der Waals surface area contributed by atoms with Gasteiger partial charge in [-0.25, -0.2) is 16.8 Å². The predicted molar refractivity (Wildman–Crippen MR) is 122 cm³/mol. The number of alkyl halides is 3. The van der Waals surface area contributed by atoms with Gasteiger partial charge in [0.1, 0.15) is 11.5 Å². The summed E-state index contributed by atoms with van der Waals surface area (Å²) in [4.78, 5) is 11.7. The third-order valence-corrected chi connectivity index (χ3v) is 7.11. The van der Waals surface area contributed by atoms with Crippen LogP contribution < -0.4 is 9.46 Å². The van der Waals surface area contributed by atoms with Crippen LogP contribution in [0.25, 0.3) is 0 Å². The first kappa shape index (κ1) is 26.5. The third-order valence-electron chi connectivity index (χ3n) is 4.45. The zero-order valence-corrected chi connectivity index (χ0v) is 20.2. The van der Waals surface area contributed by atoms with E-state index in [-0.39, 0.29) is 31.9 Å². The van der Waals surface area contributed by atoms with E-state index in [1.54, 1.807) is 22.9 Å². The minimum atomic E-state index is -4.79. The summed E-state index contributed by atoms with van der Waals surface area (Å²) >= 11 is 6.16. The van der Waals surface area contributed by atoms with E-state index in [1.165, 1.54) is 24.3 Å². The highest BCUT2D eigenvalue weighted by Gasteiger charge is 2.32. The average molecular weight is 548 g/mol. The molecule has 3 aromatic carbocycles. The molecule has 1 amide bonds. The van der Waals surface area contributed by atoms with Crippen LogP contribution in [-0.2, 0) is 37.3 Å². The van der Waals surface area contributed by atoms with Gasteiger partial charge in [0.15, 0.2) is 0 Å². The molecule has 0 aliphatic rings. The molecule has 0 heterocycles. The van der Waals surface area contributed by atoms with E-state index in [0.717, 1.165) is 18.4 Å². The Kier molecular flexibility index (Phi) is 7.48. The number of sulfone groups is 1. The van der Waals surface area contributed by atoms with Gasteiger partial charge < -0.3 is 4.74 Å². The van der Waals surface area contributed by atoms with Crippen molar-refractivity contribution in [1.29, 1.82) is 0 Å². The van der Waals surface area contributed by atoms with Gasteiger partial charge in [-0.05, 0) is 54.1 Å². The monoisotopic (exact) mass is 547 g/mol. The SMILES string of the molecule is CS(=O)(=O)NC(=O)Cc1cc(Oc2ccc(S(=O)(=O)c3ccccc3)cc2Cl)cc(C(F)(F)F)c1. The van der Waals surface area contributed by atoms with Crippen molar-refractivity contribution in [2.24, 2.45) is 0 Å². The standard InChI is InChI=1S/C22H17ClF3NO6S2/c1-34(29,30)27-21(28)11-14-9-15(22(24,25)26)12-16(10-14)33-20-8-7-18(13-19(20)23)35(31,32)17-5-3-2-4-6-17/h2-10,12-13H,11H2,1H3,(H,27,28). The lowest BCUT2D eigenvalue weighted by molar-refractivity contribution is -0.137. The Morgan fingerprint density at radius 1 is 0.943 bits per heavy atom. The summed E-state index contributed by atoms with van der Waals surface area (Å²) in [6.07, 6.45) is -4.73. The molecule has 0 saturated carbocycles. The lowest BCUT2D eigenvalue weighted by Crippen LogP contribution is -2.30. The molecule has 0 aromatic heterocycles. The van der Waals surface area contributed by atoms with Gasteiger partial charge in [0.25, 0.3) is 0 Å². The molecule has 0 aliphatic heterocycles. The van der Waals surface area contributed by atoms with E-state index < -0.39 is 43.9 Å². The Morgan fingerprint density at radius 3 is 2.17 bits per heavy atom. The van der Waals surface area contributed by atoms with Crippen molar-refractivity contribution in [2.45, 2.75) is 22.4 Å². The fourth-order valence-electron chi connectivity index (χ4n) is 3.01. The number of halogens is 4. The first-order valence-electron chi connectivity index (χ1n) is 9.64. The van der Waals surface area contributed by atoms with Crippen LogP contribution in [0.4, 0.5) is 13.2 Å². The van der Waals surface area contributed by atoms with Gasteiger partial charge in [-0.15, -0.1) is 0 Å². The molecule has 0 fully saturated rings. The van der Waals surface area contributed by atoms with Crippen molar-refractivity contribution in [3.05, 3.63) is 82.9 Å². The molecule has 0 aliphatic carbocycles. The van der Waals surface area contributed by atoms with E-state index >= 15 is 0 Å². The highest BCUT2D eigenvalue weighted by atomic mass is 35.5. The highest BCUT2D eigenvalue weighted by Crippen LogP contribution is 2.37. The van der Waals surface area contributed by atoms with Crippen LogP contribution >= 0.6 is 11.6 Å². The normalized spacial score (nSPS) is 12.3. The number of sulfonamides is 1. The topological polar surface area (TPSA) is 107 Å². The summed E-state index contributed by atoms with van der Waals surface area (Å²) in [7, 11) is -7.80. The van der Waals surface area contributed by atoms with E-state index in [0.29, 0.717) is 12.1 Å². The second-order valence-corrected chi connectivity index (χ2v) is 11.5. The van der Waals surface area contributed by atoms with E-state index in [2.05, 4.69) is 0 Å². The number of carbonyl (C=O) groups excluding carboxylic acids is 1. The number of ether oxygens (including phenoxy) is 1. The van der Waals surface area contributed by atoms with Gasteiger partial charge in [0, 0.05) is 0 Å². The summed E-state index contributed by atoms with van der Waals surface area (Å²) in [5.41, 5.74) is -1.31. The Balaban J connectivity index is 1.93. The number of carbonyl (C=O) groups is 1. The van der Waals surface area contributed by atoms with Crippen molar-refractivity contribution < 1.29 is 39.5 Å². The summed E-state index contributed by atoms with van der Waals surface area (Å²) in [6.45, 7) is 0. The van der Waals surface area contributed by atoms with E-state index in [1.807, 2.05) is 0 Å². The molecule has 1 N–H and O–H groups in total. The molecule has 3 rings (SSSR count). The number of rotatable bonds is 7. The summed E-state index contributed by atoms with van der Waals surface area (Å²) < 4.78 is 95.2. The maximum atomic E-state index is 13.4. The minimum Gasteiger partial charge on any atom is -0.456 e. The van der Waals surface area contributed by atoms with Gasteiger partial charge in [0.2, 0.25) is 25.8 Å². The quantitative estimate of drug-likeness (QED) is 0.463. The molecule has 35 heavy (non-hydrogen) atoms. The molecule has 0 spiro atoms. The molecule has 13 heteroatoms. The molecule has 0 saturated heterocycles. The van der Waals surface area contributed by atoms with Crippen molar-refractivity contribution in [3.63, 3.8) is 0 Å². The smallest absolute Gasteiger partial charge is 0.416 e. The Labute approximate surface area is 204 Å². The minimum absolute atomic E-state index is 0.0274. The van der Waals surface area contributed by atoms with Gasteiger partial charge in [-0.2, -0.15) is 13.2 Å². The van der Waals surface area contributed by atoms with Gasteiger partial charge >= 0.3 is 6.18 Å². The van der Waals surface area contributed by atoms with E-state index in [9.17, 15) is 34.8 Å². The van der Waals surface area contributed by atoms with Crippen LogP contribution in [0.2, 0.25) is 5.02 Å². The molecule has 3 aromatic rings. The van der Waals surface area contributed by atoms with Gasteiger partial charge in [-0.3, -0.25) is 9.52 Å². The van der Waals surface area contributed by atoms with Crippen molar-refractivity contribution >= 4 is 37.4 Å². The maximum Gasteiger partial charge on any atom is 0.416 e. The lowest BCUT2D eigenvalue weighted by atomic mass is 10.1. The molecule has 186 valence electrons. The highest BCUT2D eigenvalue weighted by molar-refractivity contribution is 7.91. The van der Waals surface area contributed by atoms with Crippen molar-refractivity contribution in [2.75, 3.05) is 6.26 Å². The first-order chi connectivity index (χ1) is 16.1. The number of benzene rings is 3. The molecule has 7 nitrogen and oxygen atoms in total. The Morgan fingerprint density at radius 2 is 1.60 bits per heavy atom. The molecular formula is C22H17ClF3NO6S2. The predicted octanol–water partition coefficient (Wildman–Crippen LogP) is 4.60. The van der Waals surface area contributed by atoms with Crippen LogP contribution in [0.15, 0.2) is 76.5 Å². The molecule has 0 radical (unpaired) electrons. The van der Waals surface area contributed by atoms with Crippen molar-refractivity contribution in [1.82, 2.24) is 4.72 Å². The second kappa shape index (κ2) is 9.88. The van der Waals surface area contributed by atoms with Crippen LogP contribution in [0.3, 0.4) is 0 Å². The van der Waals surface area contributed by atoms with Crippen LogP contribution in [0.1, 0.15) is 11.1 Å². The van der Waals surface area contributed by atoms with Gasteiger partial charge in [0.05, 0.1) is 33.1 Å². The van der Waals surface area contributed by atoms with Crippen LogP contribution in [0, 0.1) is 0 Å². The average Bonchev–Trinajstić information content (AvgIpc) is 2.73. The fraction of sp³-hybridized carbons (Fsp3) is 0.136. The van der Waals surface area contributed by atoms with Crippen molar-refractivity contribution in [3.8, 4) is 11.5 Å². The summed E-state index contributed by atoms with van der Waals surface area (Å²) in [6, 6.07) is 13.5. The maximum absolute atomic E-state index is 13.4. The Bertz CT molecular complexity index is 1470. The molecule has 0 atom stereocenters. The molecule has 0 unspecified atom stereocenters. The third kappa shape index (κ3) is 6.96. The number of amides is 1. The molecule has 0 bridgehead atoms. The van der Waals surface area contributed by atoms with Crippen LogP contribution in [-0.4, -0.2) is 29.0 Å². The number of hydrogen-bond donors (Lipinski definition) is 1. The zero-order chi connectivity index (χ0) is 26.0. The summed E-state index contributed by atoms with van der Waals surface area (Å²) in [5, 5.41) is -0.184. The first-order valence-corrected chi connectivity index (χ1v) is 13.4. The fourth-order valence-corrected chi connectivity index (χ4v) is 5.09.